The first-order chi connectivity index (χ1) is 17.9. The highest BCUT2D eigenvalue weighted by Gasteiger charge is 2.34. The number of aromatic nitrogens is 1. The van der Waals surface area contributed by atoms with Crippen LogP contribution in [0.2, 0.25) is 0 Å². The summed E-state index contributed by atoms with van der Waals surface area (Å²) in [6, 6.07) is 4.62. The van der Waals surface area contributed by atoms with Crippen LogP contribution in [0.4, 0.5) is 0 Å². The van der Waals surface area contributed by atoms with E-state index in [1.165, 1.54) is 7.11 Å². The van der Waals surface area contributed by atoms with Crippen molar-refractivity contribution in [1.29, 1.82) is 0 Å². The van der Waals surface area contributed by atoms with Crippen LogP contribution in [-0.4, -0.2) is 70.6 Å². The fourth-order valence-corrected chi connectivity index (χ4v) is 4.61. The van der Waals surface area contributed by atoms with E-state index in [1.807, 2.05) is 13.8 Å². The number of phosphoric ester groups is 1. The van der Waals surface area contributed by atoms with Crippen molar-refractivity contribution < 1.29 is 42.8 Å². The molecule has 2 aromatic rings. The summed E-state index contributed by atoms with van der Waals surface area (Å²) in [5.41, 5.74) is 0.876. The first-order valence-electron chi connectivity index (χ1n) is 12.2. The number of H-pyrrole nitrogens is 1. The van der Waals surface area contributed by atoms with E-state index in [0.29, 0.717) is 29.6 Å². The lowest BCUT2D eigenvalue weighted by Gasteiger charge is -2.25. The molecule has 14 heteroatoms. The van der Waals surface area contributed by atoms with E-state index < -0.39 is 50.0 Å². The highest BCUT2D eigenvalue weighted by atomic mass is 31.2. The van der Waals surface area contributed by atoms with Crippen molar-refractivity contribution in [1.82, 2.24) is 20.9 Å². The molecule has 1 fully saturated rings. The third kappa shape index (κ3) is 7.87. The molecule has 1 aliphatic rings. The second kappa shape index (κ2) is 12.5. The zero-order valence-corrected chi connectivity index (χ0v) is 22.2. The summed E-state index contributed by atoms with van der Waals surface area (Å²) in [5, 5.41) is 8.60. The third-order valence-electron chi connectivity index (χ3n) is 6.18. The van der Waals surface area contributed by atoms with Crippen LogP contribution >= 0.6 is 7.82 Å². The molecule has 38 heavy (non-hydrogen) atoms. The molecule has 1 aromatic carbocycles. The van der Waals surface area contributed by atoms with Gasteiger partial charge in [-0.3, -0.25) is 23.7 Å². The molecule has 2 heterocycles. The second-order valence-electron chi connectivity index (χ2n) is 9.56. The zero-order valence-electron chi connectivity index (χ0n) is 21.4. The maximum absolute atomic E-state index is 13.3. The molecule has 3 amide bonds. The van der Waals surface area contributed by atoms with Gasteiger partial charge in [0, 0.05) is 23.4 Å². The first-order valence-corrected chi connectivity index (χ1v) is 13.7. The van der Waals surface area contributed by atoms with Crippen molar-refractivity contribution in [3.63, 3.8) is 0 Å². The molecule has 13 nitrogen and oxygen atoms in total. The van der Waals surface area contributed by atoms with Crippen LogP contribution in [0.5, 0.6) is 5.75 Å². The number of phosphoric acid groups is 1. The van der Waals surface area contributed by atoms with Crippen LogP contribution in [0.1, 0.15) is 43.6 Å². The second-order valence-corrected chi connectivity index (χ2v) is 10.8. The van der Waals surface area contributed by atoms with Crippen molar-refractivity contribution in [2.75, 3.05) is 20.3 Å². The number of methoxy groups -OCH3 is 1. The Morgan fingerprint density at radius 3 is 2.53 bits per heavy atom. The highest BCUT2D eigenvalue weighted by Crippen LogP contribution is 2.35. The SMILES string of the molecule is COc1cccc2[nH]c(C(=O)N[C@@H](CC(C)C)C(=O)N[C@@H](C[C@@H]3CCNC3=O)C(=O)COP(=O)(O)O)cc12. The maximum atomic E-state index is 13.3. The Morgan fingerprint density at radius 1 is 1.18 bits per heavy atom. The quantitative estimate of drug-likeness (QED) is 0.197. The monoisotopic (exact) mass is 552 g/mol. The number of ketones is 1. The van der Waals surface area contributed by atoms with Gasteiger partial charge in [0.05, 0.1) is 13.2 Å². The molecule has 0 spiro atoms. The van der Waals surface area contributed by atoms with Gasteiger partial charge >= 0.3 is 7.82 Å². The van der Waals surface area contributed by atoms with Crippen LogP contribution < -0.4 is 20.7 Å². The number of aromatic amines is 1. The number of hydrogen-bond acceptors (Lipinski definition) is 7. The number of nitrogens with one attached hydrogen (secondary N) is 4. The summed E-state index contributed by atoms with van der Waals surface area (Å²) in [6.45, 7) is 3.18. The highest BCUT2D eigenvalue weighted by molar-refractivity contribution is 7.46. The van der Waals surface area contributed by atoms with Gasteiger partial charge in [0.15, 0.2) is 5.78 Å². The fourth-order valence-electron chi connectivity index (χ4n) is 4.31. The lowest BCUT2D eigenvalue weighted by atomic mass is 9.95. The molecule has 3 rings (SSSR count). The van der Waals surface area contributed by atoms with E-state index in [9.17, 15) is 23.7 Å². The summed E-state index contributed by atoms with van der Waals surface area (Å²) in [4.78, 5) is 72.1. The predicted molar refractivity (Wildman–Crippen MR) is 136 cm³/mol. The smallest absolute Gasteiger partial charge is 0.470 e. The maximum Gasteiger partial charge on any atom is 0.470 e. The standard InChI is InChI=1S/C24H33N4O9P/c1-13(2)9-18(28-24(32)19-11-15-16(26-19)5-4-6-21(15)36-3)23(31)27-17(10-14-7-8-25-22(14)30)20(29)12-37-38(33,34)35/h4-6,11,13-14,17-18,26H,7-10,12H2,1-3H3,(H,25,30)(H,27,31)(H,28,32)(H2,33,34,35)/t14-,17-,18-/m0/s1. The summed E-state index contributed by atoms with van der Waals surface area (Å²) in [6.07, 6.45) is 0.601. The molecule has 3 atom stereocenters. The minimum absolute atomic E-state index is 0.0124. The number of benzene rings is 1. The summed E-state index contributed by atoms with van der Waals surface area (Å²) < 4.78 is 20.7. The Balaban J connectivity index is 1.78. The topological polar surface area (TPSA) is 196 Å². The minimum Gasteiger partial charge on any atom is -0.496 e. The molecular weight excluding hydrogens is 519 g/mol. The predicted octanol–water partition coefficient (Wildman–Crippen LogP) is 1.01. The first kappa shape index (κ1) is 29.3. The number of ether oxygens (including phenoxy) is 1. The molecule has 0 unspecified atom stereocenters. The molecule has 0 aliphatic carbocycles. The van der Waals surface area contributed by atoms with Crippen LogP contribution in [0, 0.1) is 11.8 Å². The van der Waals surface area contributed by atoms with E-state index in [0.717, 1.165) is 0 Å². The van der Waals surface area contributed by atoms with Gasteiger partial charge in [0.2, 0.25) is 11.8 Å². The number of rotatable bonds is 13. The molecule has 1 saturated heterocycles. The minimum atomic E-state index is -4.93. The average Bonchev–Trinajstić information content (AvgIpc) is 3.46. The Morgan fingerprint density at radius 2 is 1.92 bits per heavy atom. The molecule has 6 N–H and O–H groups in total. The van der Waals surface area contributed by atoms with Gasteiger partial charge in [-0.15, -0.1) is 0 Å². The van der Waals surface area contributed by atoms with E-state index in [1.54, 1.807) is 24.3 Å². The van der Waals surface area contributed by atoms with E-state index in [4.69, 9.17) is 14.5 Å². The summed E-state index contributed by atoms with van der Waals surface area (Å²) in [7, 11) is -3.42. The van der Waals surface area contributed by atoms with Crippen molar-refractivity contribution in [3.05, 3.63) is 30.0 Å². The van der Waals surface area contributed by atoms with Gasteiger partial charge in [-0.1, -0.05) is 19.9 Å². The van der Waals surface area contributed by atoms with Crippen LogP contribution in [-0.2, 0) is 23.5 Å². The molecule has 0 radical (unpaired) electrons. The Bertz CT molecular complexity index is 1240. The third-order valence-corrected chi connectivity index (χ3v) is 6.65. The van der Waals surface area contributed by atoms with Gasteiger partial charge in [0.1, 0.15) is 24.1 Å². The lowest BCUT2D eigenvalue weighted by molar-refractivity contribution is -0.131. The molecule has 208 valence electrons. The molecule has 0 bridgehead atoms. The Kier molecular flexibility index (Phi) is 9.66. The largest absolute Gasteiger partial charge is 0.496 e. The normalized spacial score (nSPS) is 17.2. The van der Waals surface area contributed by atoms with Crippen molar-refractivity contribution >= 4 is 42.2 Å². The summed E-state index contributed by atoms with van der Waals surface area (Å²) >= 11 is 0. The van der Waals surface area contributed by atoms with Gasteiger partial charge in [-0.25, -0.2) is 4.57 Å². The van der Waals surface area contributed by atoms with Crippen molar-refractivity contribution in [3.8, 4) is 5.75 Å². The van der Waals surface area contributed by atoms with E-state index in [-0.39, 0.29) is 30.4 Å². The number of Topliss-reactive ketones (excluding diaryl/α,β-unsaturated/α-hetero) is 1. The number of hydrogen-bond donors (Lipinski definition) is 6. The van der Waals surface area contributed by atoms with Crippen molar-refractivity contribution in [2.24, 2.45) is 11.8 Å². The number of carbonyl (C=O) groups excluding carboxylic acids is 4. The van der Waals surface area contributed by atoms with Crippen LogP contribution in [0.15, 0.2) is 24.3 Å². The zero-order chi connectivity index (χ0) is 28.0. The number of fused-ring (bicyclic) bond motifs is 1. The molecule has 1 aromatic heterocycles. The van der Waals surface area contributed by atoms with Gasteiger partial charge in [0.25, 0.3) is 5.91 Å². The van der Waals surface area contributed by atoms with E-state index in [2.05, 4.69) is 25.5 Å². The van der Waals surface area contributed by atoms with Gasteiger partial charge in [-0.2, -0.15) is 0 Å². The van der Waals surface area contributed by atoms with Gasteiger partial charge in [-0.05, 0) is 43.4 Å². The molecule has 0 saturated carbocycles. The Labute approximate surface area is 219 Å². The van der Waals surface area contributed by atoms with E-state index >= 15 is 0 Å². The number of amides is 3. The number of carbonyl (C=O) groups is 4. The van der Waals surface area contributed by atoms with Crippen LogP contribution in [0.25, 0.3) is 10.9 Å². The fraction of sp³-hybridized carbons (Fsp3) is 0.500. The van der Waals surface area contributed by atoms with Crippen molar-refractivity contribution in [2.45, 2.75) is 45.2 Å². The summed E-state index contributed by atoms with van der Waals surface area (Å²) in [5.74, 6) is -2.32. The molecular formula is C24H33N4O9P. The Hall–Kier alpha value is -3.25. The van der Waals surface area contributed by atoms with Gasteiger partial charge < -0.3 is 35.5 Å². The lowest BCUT2D eigenvalue weighted by Crippen LogP contribution is -2.53. The average molecular weight is 553 g/mol. The molecule has 1 aliphatic heterocycles. The van der Waals surface area contributed by atoms with Crippen LogP contribution in [0.3, 0.4) is 0 Å².